The van der Waals surface area contributed by atoms with Crippen LogP contribution in [0, 0.1) is 13.8 Å². The third kappa shape index (κ3) is 1.75. The lowest BCUT2D eigenvalue weighted by Crippen LogP contribution is -2.01. The van der Waals surface area contributed by atoms with Crippen LogP contribution in [0.4, 0.5) is 0 Å². The van der Waals surface area contributed by atoms with Crippen LogP contribution in [-0.2, 0) is 0 Å². The summed E-state index contributed by atoms with van der Waals surface area (Å²) in [6.45, 7) is 5.23. The maximum absolute atomic E-state index is 11.3. The standard InChI is InChI=1S/C11H13ClO2/c1-6-5-9(8(3)13)7(2)11(14-4)10(6)12/h5H,1-4H3. The minimum absolute atomic E-state index is 0.0283. The molecule has 0 radical (unpaired) electrons. The van der Waals surface area contributed by atoms with Crippen LogP contribution >= 0.6 is 11.6 Å². The third-order valence-corrected chi connectivity index (χ3v) is 2.70. The second-order valence-electron chi connectivity index (χ2n) is 3.27. The van der Waals surface area contributed by atoms with Gasteiger partial charge in [-0.15, -0.1) is 0 Å². The quantitative estimate of drug-likeness (QED) is 0.704. The molecule has 1 rings (SSSR count). The third-order valence-electron chi connectivity index (χ3n) is 2.23. The Labute approximate surface area is 88.8 Å². The molecule has 0 spiro atoms. The van der Waals surface area contributed by atoms with Gasteiger partial charge in [0.05, 0.1) is 12.1 Å². The van der Waals surface area contributed by atoms with Crippen molar-refractivity contribution < 1.29 is 9.53 Å². The molecule has 0 N–H and O–H groups in total. The number of hydrogen-bond donors (Lipinski definition) is 0. The highest BCUT2D eigenvalue weighted by Gasteiger charge is 2.14. The fraction of sp³-hybridized carbons (Fsp3) is 0.364. The molecular formula is C11H13ClO2. The fourth-order valence-electron chi connectivity index (χ4n) is 1.46. The summed E-state index contributed by atoms with van der Waals surface area (Å²) in [5.41, 5.74) is 2.33. The van der Waals surface area contributed by atoms with Gasteiger partial charge >= 0.3 is 0 Å². The molecule has 0 aliphatic carbocycles. The molecule has 0 atom stereocenters. The zero-order chi connectivity index (χ0) is 10.9. The molecule has 0 aliphatic rings. The van der Waals surface area contributed by atoms with Gasteiger partial charge in [-0.3, -0.25) is 4.79 Å². The van der Waals surface area contributed by atoms with E-state index in [1.165, 1.54) is 6.92 Å². The van der Waals surface area contributed by atoms with Crippen LogP contribution in [0.5, 0.6) is 5.75 Å². The first-order valence-corrected chi connectivity index (χ1v) is 4.71. The van der Waals surface area contributed by atoms with Crippen molar-refractivity contribution in [2.75, 3.05) is 7.11 Å². The van der Waals surface area contributed by atoms with Crippen molar-refractivity contribution in [2.45, 2.75) is 20.8 Å². The number of Topliss-reactive ketones (excluding diaryl/α,β-unsaturated/α-hetero) is 1. The second-order valence-corrected chi connectivity index (χ2v) is 3.65. The summed E-state index contributed by atoms with van der Waals surface area (Å²) in [6, 6.07) is 1.79. The number of aryl methyl sites for hydroxylation is 1. The average molecular weight is 213 g/mol. The van der Waals surface area contributed by atoms with E-state index in [0.29, 0.717) is 16.3 Å². The number of halogens is 1. The number of hydrogen-bond acceptors (Lipinski definition) is 2. The van der Waals surface area contributed by atoms with Crippen molar-refractivity contribution in [3.05, 3.63) is 27.8 Å². The zero-order valence-electron chi connectivity index (χ0n) is 8.77. The summed E-state index contributed by atoms with van der Waals surface area (Å²) in [7, 11) is 1.55. The van der Waals surface area contributed by atoms with E-state index in [2.05, 4.69) is 0 Å². The number of carbonyl (C=O) groups is 1. The minimum atomic E-state index is 0.0283. The molecule has 3 heteroatoms. The number of benzene rings is 1. The van der Waals surface area contributed by atoms with Crippen LogP contribution in [0.3, 0.4) is 0 Å². The molecule has 14 heavy (non-hydrogen) atoms. The topological polar surface area (TPSA) is 26.3 Å². The Kier molecular flexibility index (Phi) is 3.17. The lowest BCUT2D eigenvalue weighted by molar-refractivity contribution is 0.101. The first-order valence-electron chi connectivity index (χ1n) is 4.33. The highest BCUT2D eigenvalue weighted by Crippen LogP contribution is 2.33. The van der Waals surface area contributed by atoms with Gasteiger partial charge in [0, 0.05) is 11.1 Å². The Morgan fingerprint density at radius 3 is 2.43 bits per heavy atom. The number of methoxy groups -OCH3 is 1. The van der Waals surface area contributed by atoms with Crippen LogP contribution in [0.25, 0.3) is 0 Å². The van der Waals surface area contributed by atoms with Crippen molar-refractivity contribution in [2.24, 2.45) is 0 Å². The molecule has 0 amide bonds. The molecule has 0 heterocycles. The van der Waals surface area contributed by atoms with Crippen molar-refractivity contribution in [1.82, 2.24) is 0 Å². The summed E-state index contributed by atoms with van der Waals surface area (Å²) in [5.74, 6) is 0.623. The molecule has 0 aromatic heterocycles. The summed E-state index contributed by atoms with van der Waals surface area (Å²) >= 11 is 6.04. The van der Waals surface area contributed by atoms with Gasteiger partial charge in [0.2, 0.25) is 0 Å². The van der Waals surface area contributed by atoms with Crippen LogP contribution in [0.2, 0.25) is 5.02 Å². The number of ketones is 1. The van der Waals surface area contributed by atoms with E-state index in [1.54, 1.807) is 13.2 Å². The molecule has 0 aliphatic heterocycles. The molecule has 0 fully saturated rings. The monoisotopic (exact) mass is 212 g/mol. The molecule has 0 saturated carbocycles. The Morgan fingerprint density at radius 1 is 1.43 bits per heavy atom. The number of rotatable bonds is 2. The van der Waals surface area contributed by atoms with Crippen LogP contribution < -0.4 is 4.74 Å². The van der Waals surface area contributed by atoms with Gasteiger partial charge in [-0.25, -0.2) is 0 Å². The SMILES string of the molecule is COc1c(C)c(C(C)=O)cc(C)c1Cl. The van der Waals surface area contributed by atoms with Crippen molar-refractivity contribution in [3.63, 3.8) is 0 Å². The molecule has 76 valence electrons. The first-order chi connectivity index (χ1) is 6.49. The van der Waals surface area contributed by atoms with Crippen molar-refractivity contribution in [1.29, 1.82) is 0 Å². The average Bonchev–Trinajstić information content (AvgIpc) is 2.12. The second kappa shape index (κ2) is 4.01. The van der Waals surface area contributed by atoms with Gasteiger partial charge in [-0.2, -0.15) is 0 Å². The smallest absolute Gasteiger partial charge is 0.160 e. The Balaban J connectivity index is 3.50. The summed E-state index contributed by atoms with van der Waals surface area (Å²) in [4.78, 5) is 11.3. The Hall–Kier alpha value is -1.02. The van der Waals surface area contributed by atoms with E-state index in [0.717, 1.165) is 11.1 Å². The Bertz CT molecular complexity index is 383. The van der Waals surface area contributed by atoms with E-state index in [1.807, 2.05) is 13.8 Å². The fourth-order valence-corrected chi connectivity index (χ4v) is 1.74. The highest BCUT2D eigenvalue weighted by molar-refractivity contribution is 6.33. The van der Waals surface area contributed by atoms with E-state index in [9.17, 15) is 4.79 Å². The van der Waals surface area contributed by atoms with Crippen LogP contribution in [0.1, 0.15) is 28.4 Å². The predicted octanol–water partition coefficient (Wildman–Crippen LogP) is 3.17. The Morgan fingerprint density at radius 2 is 2.00 bits per heavy atom. The van der Waals surface area contributed by atoms with E-state index >= 15 is 0 Å². The normalized spacial score (nSPS) is 10.1. The molecule has 0 saturated heterocycles. The highest BCUT2D eigenvalue weighted by atomic mass is 35.5. The molecule has 1 aromatic rings. The van der Waals surface area contributed by atoms with Gasteiger partial charge in [0.1, 0.15) is 5.75 Å². The van der Waals surface area contributed by atoms with E-state index in [4.69, 9.17) is 16.3 Å². The maximum atomic E-state index is 11.3. The maximum Gasteiger partial charge on any atom is 0.160 e. The van der Waals surface area contributed by atoms with Gasteiger partial charge in [0.15, 0.2) is 5.78 Å². The van der Waals surface area contributed by atoms with Crippen molar-refractivity contribution in [3.8, 4) is 5.75 Å². The van der Waals surface area contributed by atoms with Crippen LogP contribution in [-0.4, -0.2) is 12.9 Å². The van der Waals surface area contributed by atoms with E-state index in [-0.39, 0.29) is 5.78 Å². The van der Waals surface area contributed by atoms with Gasteiger partial charge in [-0.1, -0.05) is 11.6 Å². The van der Waals surface area contributed by atoms with Gasteiger partial charge < -0.3 is 4.74 Å². The molecule has 2 nitrogen and oxygen atoms in total. The lowest BCUT2D eigenvalue weighted by atomic mass is 10.0. The lowest BCUT2D eigenvalue weighted by Gasteiger charge is -2.12. The summed E-state index contributed by atoms with van der Waals surface area (Å²) in [6.07, 6.45) is 0. The van der Waals surface area contributed by atoms with E-state index < -0.39 is 0 Å². The number of ether oxygens (including phenoxy) is 1. The zero-order valence-corrected chi connectivity index (χ0v) is 9.53. The molecule has 1 aromatic carbocycles. The molecule has 0 bridgehead atoms. The largest absolute Gasteiger partial charge is 0.495 e. The molecular weight excluding hydrogens is 200 g/mol. The predicted molar refractivity (Wildman–Crippen MR) is 57.5 cm³/mol. The van der Waals surface area contributed by atoms with Gasteiger partial charge in [0.25, 0.3) is 0 Å². The van der Waals surface area contributed by atoms with Crippen LogP contribution in [0.15, 0.2) is 6.07 Å². The summed E-state index contributed by atoms with van der Waals surface area (Å²) < 4.78 is 5.16. The van der Waals surface area contributed by atoms with Crippen molar-refractivity contribution >= 4 is 17.4 Å². The number of carbonyl (C=O) groups excluding carboxylic acids is 1. The van der Waals surface area contributed by atoms with Gasteiger partial charge in [-0.05, 0) is 32.4 Å². The minimum Gasteiger partial charge on any atom is -0.495 e. The molecule has 0 unspecified atom stereocenters. The first kappa shape index (κ1) is 11.1. The summed E-state index contributed by atoms with van der Waals surface area (Å²) in [5, 5.41) is 0.579.